The van der Waals surface area contributed by atoms with Gasteiger partial charge in [0.15, 0.2) is 0 Å². The van der Waals surface area contributed by atoms with E-state index in [0.717, 1.165) is 0 Å². The Morgan fingerprint density at radius 3 is 2.72 bits per heavy atom. The van der Waals surface area contributed by atoms with Gasteiger partial charge < -0.3 is 10.1 Å². The number of rotatable bonds is 5. The summed E-state index contributed by atoms with van der Waals surface area (Å²) < 4.78 is 5.64. The zero-order valence-electron chi connectivity index (χ0n) is 12.9. The first-order valence-corrected chi connectivity index (χ1v) is 7.30. The van der Waals surface area contributed by atoms with Gasteiger partial charge in [0.2, 0.25) is 5.88 Å². The number of ether oxygens (including phenoxy) is 1. The molecule has 1 N–H and O–H groups in total. The fourth-order valence-corrected chi connectivity index (χ4v) is 2.18. The SMILES string of the molecule is N#Cc1ccc(Nc2cccc(Oc3ccccn3)c2)c([N+](=O)[O-])c1. The Kier molecular flexibility index (Phi) is 4.53. The Balaban J connectivity index is 1.85. The minimum Gasteiger partial charge on any atom is -0.439 e. The lowest BCUT2D eigenvalue weighted by atomic mass is 10.2. The molecule has 1 aromatic heterocycles. The van der Waals surface area contributed by atoms with Gasteiger partial charge in [-0.05, 0) is 30.3 Å². The zero-order chi connectivity index (χ0) is 17.6. The van der Waals surface area contributed by atoms with Gasteiger partial charge in [-0.2, -0.15) is 5.26 Å². The summed E-state index contributed by atoms with van der Waals surface area (Å²) in [5.74, 6) is 0.990. The summed E-state index contributed by atoms with van der Waals surface area (Å²) in [5, 5.41) is 23.1. The summed E-state index contributed by atoms with van der Waals surface area (Å²) in [4.78, 5) is 14.8. The van der Waals surface area contributed by atoms with E-state index in [1.165, 1.54) is 18.2 Å². The summed E-state index contributed by atoms with van der Waals surface area (Å²) >= 11 is 0. The third-order valence-corrected chi connectivity index (χ3v) is 3.30. The summed E-state index contributed by atoms with van der Waals surface area (Å²) in [7, 11) is 0. The molecule has 0 saturated heterocycles. The Hall–Kier alpha value is -3.92. The van der Waals surface area contributed by atoms with Crippen LogP contribution in [0.15, 0.2) is 66.9 Å². The van der Waals surface area contributed by atoms with Gasteiger partial charge in [-0.3, -0.25) is 10.1 Å². The van der Waals surface area contributed by atoms with Crippen molar-refractivity contribution in [1.29, 1.82) is 5.26 Å². The Morgan fingerprint density at radius 1 is 1.12 bits per heavy atom. The first-order valence-electron chi connectivity index (χ1n) is 7.30. The van der Waals surface area contributed by atoms with E-state index in [0.29, 0.717) is 23.0 Å². The molecule has 0 spiro atoms. The number of nitrogens with zero attached hydrogens (tertiary/aromatic N) is 3. The Bertz CT molecular complexity index is 952. The number of hydrogen-bond donors (Lipinski definition) is 1. The molecular weight excluding hydrogens is 320 g/mol. The van der Waals surface area contributed by atoms with Crippen molar-refractivity contribution in [2.75, 3.05) is 5.32 Å². The number of nitro groups is 1. The maximum atomic E-state index is 11.2. The van der Waals surface area contributed by atoms with Gasteiger partial charge in [0.05, 0.1) is 16.6 Å². The standard InChI is InChI=1S/C18H12N4O3/c19-12-13-7-8-16(17(10-13)22(23)24)21-14-4-3-5-15(11-14)25-18-6-1-2-9-20-18/h1-11,21H. The maximum absolute atomic E-state index is 11.2. The van der Waals surface area contributed by atoms with Crippen LogP contribution in [0.3, 0.4) is 0 Å². The number of nitrogens with one attached hydrogen (secondary N) is 1. The van der Waals surface area contributed by atoms with E-state index < -0.39 is 4.92 Å². The minimum absolute atomic E-state index is 0.171. The van der Waals surface area contributed by atoms with Crippen LogP contribution < -0.4 is 10.1 Å². The molecule has 0 radical (unpaired) electrons. The average molecular weight is 332 g/mol. The second-order valence-electron chi connectivity index (χ2n) is 5.02. The molecule has 3 rings (SSSR count). The van der Waals surface area contributed by atoms with Crippen LogP contribution in [0.25, 0.3) is 0 Å². The molecule has 7 nitrogen and oxygen atoms in total. The summed E-state index contributed by atoms with van der Waals surface area (Å²) in [6.45, 7) is 0. The Morgan fingerprint density at radius 2 is 2.00 bits per heavy atom. The summed E-state index contributed by atoms with van der Waals surface area (Å²) in [6, 6.07) is 18.4. The lowest BCUT2D eigenvalue weighted by Crippen LogP contribution is -1.98. The fourth-order valence-electron chi connectivity index (χ4n) is 2.18. The topological polar surface area (TPSA) is 101 Å². The monoisotopic (exact) mass is 332 g/mol. The normalized spacial score (nSPS) is 9.88. The highest BCUT2D eigenvalue weighted by molar-refractivity contribution is 5.71. The fraction of sp³-hybridized carbons (Fsp3) is 0. The van der Waals surface area contributed by atoms with Crippen LogP contribution in [0.4, 0.5) is 17.1 Å². The molecular formula is C18H12N4O3. The van der Waals surface area contributed by atoms with Gasteiger partial charge in [0, 0.05) is 30.1 Å². The number of anilines is 2. The van der Waals surface area contributed by atoms with Crippen molar-refractivity contribution in [2.45, 2.75) is 0 Å². The highest BCUT2D eigenvalue weighted by Crippen LogP contribution is 2.30. The van der Waals surface area contributed by atoms with Crippen molar-refractivity contribution in [2.24, 2.45) is 0 Å². The molecule has 0 aliphatic rings. The first kappa shape index (κ1) is 16.0. The molecule has 0 aliphatic carbocycles. The molecule has 0 atom stereocenters. The molecule has 0 saturated carbocycles. The van der Waals surface area contributed by atoms with Crippen LogP contribution in [0.1, 0.15) is 5.56 Å². The van der Waals surface area contributed by atoms with Crippen LogP contribution in [-0.2, 0) is 0 Å². The third kappa shape index (κ3) is 3.89. The van der Waals surface area contributed by atoms with Crippen LogP contribution in [0.5, 0.6) is 11.6 Å². The number of nitro benzene ring substituents is 1. The molecule has 0 fully saturated rings. The van der Waals surface area contributed by atoms with Crippen molar-refractivity contribution < 1.29 is 9.66 Å². The van der Waals surface area contributed by atoms with Crippen molar-refractivity contribution in [3.8, 4) is 17.7 Å². The third-order valence-electron chi connectivity index (χ3n) is 3.30. The molecule has 2 aromatic carbocycles. The van der Waals surface area contributed by atoms with Crippen LogP contribution >= 0.6 is 0 Å². The lowest BCUT2D eigenvalue weighted by Gasteiger charge is -2.09. The lowest BCUT2D eigenvalue weighted by molar-refractivity contribution is -0.383. The van der Waals surface area contributed by atoms with Crippen molar-refractivity contribution >= 4 is 17.1 Å². The van der Waals surface area contributed by atoms with E-state index >= 15 is 0 Å². The van der Waals surface area contributed by atoms with Gasteiger partial charge in [0.1, 0.15) is 11.4 Å². The molecule has 25 heavy (non-hydrogen) atoms. The molecule has 122 valence electrons. The first-order chi connectivity index (χ1) is 12.2. The molecule has 0 amide bonds. The molecule has 1 heterocycles. The van der Waals surface area contributed by atoms with E-state index in [9.17, 15) is 10.1 Å². The number of nitriles is 1. The summed E-state index contributed by atoms with van der Waals surface area (Å²) in [5.41, 5.74) is 0.958. The smallest absolute Gasteiger partial charge is 0.293 e. The highest BCUT2D eigenvalue weighted by Gasteiger charge is 2.15. The van der Waals surface area contributed by atoms with Gasteiger partial charge in [-0.1, -0.05) is 12.1 Å². The van der Waals surface area contributed by atoms with Crippen LogP contribution in [-0.4, -0.2) is 9.91 Å². The van der Waals surface area contributed by atoms with Crippen molar-refractivity contribution in [3.05, 3.63) is 82.5 Å². The number of aromatic nitrogens is 1. The zero-order valence-corrected chi connectivity index (χ0v) is 12.9. The van der Waals surface area contributed by atoms with E-state index in [2.05, 4.69) is 10.3 Å². The molecule has 0 unspecified atom stereocenters. The summed E-state index contributed by atoms with van der Waals surface area (Å²) in [6.07, 6.45) is 1.62. The van der Waals surface area contributed by atoms with E-state index in [4.69, 9.17) is 10.00 Å². The average Bonchev–Trinajstić information content (AvgIpc) is 2.63. The molecule has 0 aliphatic heterocycles. The Labute approximate surface area is 143 Å². The van der Waals surface area contributed by atoms with Crippen LogP contribution in [0.2, 0.25) is 0 Å². The van der Waals surface area contributed by atoms with Gasteiger partial charge in [0.25, 0.3) is 5.69 Å². The minimum atomic E-state index is -0.530. The molecule has 7 heteroatoms. The predicted octanol–water partition coefficient (Wildman–Crippen LogP) is 4.40. The van der Waals surface area contributed by atoms with Crippen molar-refractivity contribution in [3.63, 3.8) is 0 Å². The van der Waals surface area contributed by atoms with E-state index in [1.54, 1.807) is 42.6 Å². The highest BCUT2D eigenvalue weighted by atomic mass is 16.6. The predicted molar refractivity (Wildman–Crippen MR) is 91.8 cm³/mol. The number of hydrogen-bond acceptors (Lipinski definition) is 6. The number of benzene rings is 2. The van der Waals surface area contributed by atoms with Gasteiger partial charge >= 0.3 is 0 Å². The van der Waals surface area contributed by atoms with E-state index in [1.807, 2.05) is 12.1 Å². The second kappa shape index (κ2) is 7.10. The van der Waals surface area contributed by atoms with E-state index in [-0.39, 0.29) is 11.3 Å². The van der Waals surface area contributed by atoms with Gasteiger partial charge in [-0.25, -0.2) is 4.98 Å². The van der Waals surface area contributed by atoms with Crippen LogP contribution in [0, 0.1) is 21.4 Å². The quantitative estimate of drug-likeness (QED) is 0.549. The van der Waals surface area contributed by atoms with Crippen molar-refractivity contribution in [1.82, 2.24) is 4.98 Å². The molecule has 3 aromatic rings. The maximum Gasteiger partial charge on any atom is 0.293 e. The largest absolute Gasteiger partial charge is 0.439 e. The van der Waals surface area contributed by atoms with Gasteiger partial charge in [-0.15, -0.1) is 0 Å². The second-order valence-corrected chi connectivity index (χ2v) is 5.02. The molecule has 0 bridgehead atoms. The number of pyridine rings is 1.